The van der Waals surface area contributed by atoms with Gasteiger partial charge in [-0.3, -0.25) is 9.80 Å². The van der Waals surface area contributed by atoms with E-state index in [9.17, 15) is 0 Å². The highest BCUT2D eigenvalue weighted by Gasteiger charge is 2.49. The molecule has 172 valence electrons. The molecule has 1 N–H and O–H groups in total. The molecule has 0 radical (unpaired) electrons. The van der Waals surface area contributed by atoms with Crippen molar-refractivity contribution >= 4 is 0 Å². The SMILES string of the molecule is CC(C)c1ccccc1C1CN(CCc2ccccc2)CCN1C1CC2(CCNCC2)C1. The van der Waals surface area contributed by atoms with E-state index in [2.05, 4.69) is 83.6 Å². The fourth-order valence-electron chi connectivity index (χ4n) is 6.58. The summed E-state index contributed by atoms with van der Waals surface area (Å²) < 4.78 is 0. The molecule has 32 heavy (non-hydrogen) atoms. The van der Waals surface area contributed by atoms with Crippen LogP contribution in [0.3, 0.4) is 0 Å². The molecule has 3 aliphatic rings. The molecule has 1 aliphatic carbocycles. The highest BCUT2D eigenvalue weighted by molar-refractivity contribution is 5.33. The molecular weight excluding hydrogens is 390 g/mol. The van der Waals surface area contributed by atoms with E-state index in [0.717, 1.165) is 12.5 Å². The highest BCUT2D eigenvalue weighted by atomic mass is 15.3. The van der Waals surface area contributed by atoms with Gasteiger partial charge >= 0.3 is 0 Å². The minimum absolute atomic E-state index is 0.530. The fourth-order valence-corrected chi connectivity index (χ4v) is 6.58. The van der Waals surface area contributed by atoms with Crippen molar-refractivity contribution in [3.8, 4) is 0 Å². The first-order valence-corrected chi connectivity index (χ1v) is 13.0. The average molecular weight is 432 g/mol. The van der Waals surface area contributed by atoms with Gasteiger partial charge in [0.05, 0.1) is 0 Å². The summed E-state index contributed by atoms with van der Waals surface area (Å²) in [5, 5.41) is 3.57. The molecule has 5 rings (SSSR count). The van der Waals surface area contributed by atoms with E-state index in [0.29, 0.717) is 17.4 Å². The van der Waals surface area contributed by atoms with Crippen LogP contribution >= 0.6 is 0 Å². The Balaban J connectivity index is 1.33. The van der Waals surface area contributed by atoms with Gasteiger partial charge in [-0.1, -0.05) is 68.4 Å². The molecule has 3 heteroatoms. The Labute approximate surface area is 195 Å². The van der Waals surface area contributed by atoms with E-state index in [1.807, 2.05) is 0 Å². The second-order valence-corrected chi connectivity index (χ2v) is 10.9. The largest absolute Gasteiger partial charge is 0.317 e. The molecule has 2 aromatic rings. The molecule has 2 saturated heterocycles. The molecule has 2 heterocycles. The van der Waals surface area contributed by atoms with Crippen molar-refractivity contribution in [3.05, 3.63) is 71.3 Å². The maximum atomic E-state index is 3.57. The minimum Gasteiger partial charge on any atom is -0.317 e. The number of nitrogens with one attached hydrogen (secondary N) is 1. The quantitative estimate of drug-likeness (QED) is 0.674. The number of piperidine rings is 1. The molecule has 1 spiro atoms. The first-order chi connectivity index (χ1) is 15.6. The Bertz CT molecular complexity index is 863. The Kier molecular flexibility index (Phi) is 6.69. The normalized spacial score (nSPS) is 24.7. The number of nitrogens with zero attached hydrogens (tertiary/aromatic N) is 2. The van der Waals surface area contributed by atoms with Crippen molar-refractivity contribution in [3.63, 3.8) is 0 Å². The van der Waals surface area contributed by atoms with Crippen LogP contribution in [-0.4, -0.2) is 55.1 Å². The van der Waals surface area contributed by atoms with Crippen LogP contribution in [0.5, 0.6) is 0 Å². The molecule has 0 amide bonds. The van der Waals surface area contributed by atoms with Crippen LogP contribution in [-0.2, 0) is 6.42 Å². The number of benzene rings is 2. The molecule has 3 nitrogen and oxygen atoms in total. The summed E-state index contributed by atoms with van der Waals surface area (Å²) in [4.78, 5) is 5.64. The number of hydrogen-bond donors (Lipinski definition) is 1. The third kappa shape index (κ3) is 4.66. The Morgan fingerprint density at radius 3 is 2.41 bits per heavy atom. The van der Waals surface area contributed by atoms with Gasteiger partial charge in [-0.05, 0) is 73.2 Å². The van der Waals surface area contributed by atoms with Crippen molar-refractivity contribution in [2.45, 2.75) is 64.0 Å². The molecule has 0 bridgehead atoms. The second-order valence-electron chi connectivity index (χ2n) is 10.9. The van der Waals surface area contributed by atoms with Gasteiger partial charge in [0.2, 0.25) is 0 Å². The lowest BCUT2D eigenvalue weighted by atomic mass is 9.60. The zero-order valence-corrected chi connectivity index (χ0v) is 20.1. The third-order valence-electron chi connectivity index (χ3n) is 8.51. The smallest absolute Gasteiger partial charge is 0.0481 e. The number of rotatable bonds is 6. The van der Waals surface area contributed by atoms with Crippen molar-refractivity contribution in [1.82, 2.24) is 15.1 Å². The lowest BCUT2D eigenvalue weighted by molar-refractivity contribution is -0.0637. The van der Waals surface area contributed by atoms with E-state index >= 15 is 0 Å². The zero-order chi connectivity index (χ0) is 22.0. The molecule has 1 atom stereocenters. The summed E-state index contributed by atoms with van der Waals surface area (Å²) in [7, 11) is 0. The summed E-state index contributed by atoms with van der Waals surface area (Å²) in [5.74, 6) is 0.574. The fraction of sp³-hybridized carbons (Fsp3) is 0.586. The van der Waals surface area contributed by atoms with Crippen LogP contribution in [0.1, 0.15) is 68.2 Å². The van der Waals surface area contributed by atoms with Crippen molar-refractivity contribution < 1.29 is 0 Å². The number of piperazine rings is 1. The van der Waals surface area contributed by atoms with E-state index in [1.165, 1.54) is 70.5 Å². The zero-order valence-electron chi connectivity index (χ0n) is 20.1. The Hall–Kier alpha value is -1.68. The van der Waals surface area contributed by atoms with Gasteiger partial charge in [0, 0.05) is 38.3 Å². The van der Waals surface area contributed by atoms with Gasteiger partial charge in [0.15, 0.2) is 0 Å². The maximum Gasteiger partial charge on any atom is 0.0481 e. The van der Waals surface area contributed by atoms with Gasteiger partial charge in [-0.2, -0.15) is 0 Å². The van der Waals surface area contributed by atoms with Gasteiger partial charge in [0.25, 0.3) is 0 Å². The lowest BCUT2D eigenvalue weighted by Gasteiger charge is -2.57. The standard InChI is InChI=1S/C29H41N3/c1-23(2)26-10-6-7-11-27(26)28-22-31(17-12-24-8-4-3-5-9-24)18-19-32(28)25-20-29(21-25)13-15-30-16-14-29/h3-11,23,25,28,30H,12-22H2,1-2H3. The van der Waals surface area contributed by atoms with E-state index in [4.69, 9.17) is 0 Å². The summed E-state index contributed by atoms with van der Waals surface area (Å²) in [6.07, 6.45) is 6.75. The Morgan fingerprint density at radius 1 is 0.938 bits per heavy atom. The third-order valence-corrected chi connectivity index (χ3v) is 8.51. The van der Waals surface area contributed by atoms with Crippen LogP contribution in [0.4, 0.5) is 0 Å². The summed E-state index contributed by atoms with van der Waals surface area (Å²) >= 11 is 0. The molecule has 2 aromatic carbocycles. The van der Waals surface area contributed by atoms with Crippen LogP contribution in [0.2, 0.25) is 0 Å². The summed E-state index contributed by atoms with van der Waals surface area (Å²) in [6.45, 7) is 11.9. The highest BCUT2D eigenvalue weighted by Crippen LogP contribution is 2.52. The predicted molar refractivity (Wildman–Crippen MR) is 134 cm³/mol. The van der Waals surface area contributed by atoms with E-state index in [-0.39, 0.29) is 0 Å². The van der Waals surface area contributed by atoms with Crippen LogP contribution in [0, 0.1) is 5.41 Å². The van der Waals surface area contributed by atoms with Gasteiger partial charge in [-0.25, -0.2) is 0 Å². The molecule has 2 aliphatic heterocycles. The molecule has 3 fully saturated rings. The topological polar surface area (TPSA) is 18.5 Å². The second kappa shape index (κ2) is 9.67. The minimum atomic E-state index is 0.530. The Morgan fingerprint density at radius 2 is 1.66 bits per heavy atom. The molecule has 1 saturated carbocycles. The van der Waals surface area contributed by atoms with Gasteiger partial charge in [0.1, 0.15) is 0 Å². The monoisotopic (exact) mass is 431 g/mol. The van der Waals surface area contributed by atoms with Crippen molar-refractivity contribution in [1.29, 1.82) is 0 Å². The van der Waals surface area contributed by atoms with Crippen LogP contribution in [0.25, 0.3) is 0 Å². The van der Waals surface area contributed by atoms with Crippen LogP contribution in [0.15, 0.2) is 54.6 Å². The predicted octanol–water partition coefficient (Wildman–Crippen LogP) is 5.24. The number of hydrogen-bond acceptors (Lipinski definition) is 3. The molecule has 0 aromatic heterocycles. The van der Waals surface area contributed by atoms with Crippen LogP contribution < -0.4 is 5.32 Å². The molecule has 1 unspecified atom stereocenters. The van der Waals surface area contributed by atoms with Crippen molar-refractivity contribution in [2.75, 3.05) is 39.3 Å². The summed E-state index contributed by atoms with van der Waals surface area (Å²) in [6, 6.07) is 21.6. The summed E-state index contributed by atoms with van der Waals surface area (Å²) in [5.41, 5.74) is 5.23. The van der Waals surface area contributed by atoms with Gasteiger partial charge < -0.3 is 5.32 Å². The first-order valence-electron chi connectivity index (χ1n) is 13.0. The van der Waals surface area contributed by atoms with Gasteiger partial charge in [-0.15, -0.1) is 0 Å². The van der Waals surface area contributed by atoms with Crippen molar-refractivity contribution in [2.24, 2.45) is 5.41 Å². The van der Waals surface area contributed by atoms with E-state index in [1.54, 1.807) is 11.1 Å². The maximum absolute atomic E-state index is 3.57. The van der Waals surface area contributed by atoms with E-state index < -0.39 is 0 Å². The molecular formula is C29H41N3. The lowest BCUT2D eigenvalue weighted by Crippen LogP contribution is -2.59. The first kappa shape index (κ1) is 22.1. The average Bonchev–Trinajstić information content (AvgIpc) is 2.82.